The fourth-order valence-electron chi connectivity index (χ4n) is 3.23. The molecule has 1 heterocycles. The number of halogens is 2. The largest absolute Gasteiger partial charge is 0.398 e. The van der Waals surface area contributed by atoms with Gasteiger partial charge in [0.1, 0.15) is 0 Å². The molecule has 3 rings (SSSR count). The molecule has 1 aliphatic heterocycles. The Morgan fingerprint density at radius 2 is 1.81 bits per heavy atom. The Morgan fingerprint density at radius 1 is 1.11 bits per heavy atom. The number of nitrogens with one attached hydrogen (secondary N) is 1. The average Bonchev–Trinajstić information content (AvgIpc) is 2.63. The summed E-state index contributed by atoms with van der Waals surface area (Å²) >= 11 is 0. The van der Waals surface area contributed by atoms with Crippen LogP contribution in [0.25, 0.3) is 0 Å². The van der Waals surface area contributed by atoms with E-state index in [0.717, 1.165) is 38.2 Å². The minimum absolute atomic E-state index is 0. The number of hydrogen-bond donors (Lipinski definition) is 3. The molecule has 0 saturated carbocycles. The summed E-state index contributed by atoms with van der Waals surface area (Å²) in [5.41, 5.74) is 8.77. The number of benzene rings is 2. The van der Waals surface area contributed by atoms with Gasteiger partial charge in [0, 0.05) is 24.5 Å². The van der Waals surface area contributed by atoms with E-state index in [1.807, 2.05) is 24.3 Å². The first kappa shape index (κ1) is 23.2. The predicted molar refractivity (Wildman–Crippen MR) is 115 cm³/mol. The van der Waals surface area contributed by atoms with E-state index in [1.165, 1.54) is 5.56 Å². The molecular weight excluding hydrogens is 385 g/mol. The van der Waals surface area contributed by atoms with Gasteiger partial charge in [-0.15, -0.1) is 24.8 Å². The van der Waals surface area contributed by atoms with Gasteiger partial charge in [0.15, 0.2) is 0 Å². The number of hydrogen-bond acceptors (Lipinski definition) is 4. The predicted octanol–water partition coefficient (Wildman–Crippen LogP) is 3.57. The molecule has 4 N–H and O–H groups in total. The van der Waals surface area contributed by atoms with Crippen molar-refractivity contribution >= 4 is 42.1 Å². The molecule has 2 aromatic carbocycles. The standard InChI is InChI=1S/C20H25N3O2.2ClH/c21-19-7-2-1-6-18(19)20(25)22-17-5-3-4-16(12-17)13-23-10-8-15(14-24)9-11-23;;/h1-7,12,15,24H,8-11,13-14,21H2,(H,22,25);2*1H. The molecule has 0 atom stereocenters. The number of nitrogens with zero attached hydrogens (tertiary/aromatic N) is 1. The SMILES string of the molecule is Cl.Cl.Nc1ccccc1C(=O)Nc1cccc(CN2CCC(CO)CC2)c1. The molecule has 0 aliphatic carbocycles. The number of nitrogen functional groups attached to an aromatic ring is 1. The van der Waals surface area contributed by atoms with Crippen LogP contribution in [0.4, 0.5) is 11.4 Å². The van der Waals surface area contributed by atoms with E-state index in [1.54, 1.807) is 18.2 Å². The lowest BCUT2D eigenvalue weighted by Crippen LogP contribution is -2.34. The molecule has 5 nitrogen and oxygen atoms in total. The summed E-state index contributed by atoms with van der Waals surface area (Å²) in [6, 6.07) is 15.0. The second-order valence-electron chi connectivity index (χ2n) is 6.64. The molecular formula is C20H27Cl2N3O2. The fourth-order valence-corrected chi connectivity index (χ4v) is 3.23. The Labute approximate surface area is 172 Å². The van der Waals surface area contributed by atoms with E-state index in [9.17, 15) is 9.90 Å². The maximum Gasteiger partial charge on any atom is 0.257 e. The minimum atomic E-state index is -0.195. The summed E-state index contributed by atoms with van der Waals surface area (Å²) in [6.07, 6.45) is 2.08. The number of aliphatic hydroxyl groups is 1. The number of carbonyl (C=O) groups excluding carboxylic acids is 1. The van der Waals surface area contributed by atoms with Crippen molar-refractivity contribution in [2.45, 2.75) is 19.4 Å². The molecule has 0 radical (unpaired) electrons. The zero-order valence-corrected chi connectivity index (χ0v) is 16.8. The Bertz CT molecular complexity index is 735. The lowest BCUT2D eigenvalue weighted by molar-refractivity contribution is 0.102. The van der Waals surface area contributed by atoms with Crippen molar-refractivity contribution in [3.63, 3.8) is 0 Å². The normalized spacial score (nSPS) is 14.7. The lowest BCUT2D eigenvalue weighted by atomic mass is 9.97. The second-order valence-corrected chi connectivity index (χ2v) is 6.64. The van der Waals surface area contributed by atoms with Crippen LogP contribution in [0.2, 0.25) is 0 Å². The van der Waals surface area contributed by atoms with Crippen LogP contribution >= 0.6 is 24.8 Å². The van der Waals surface area contributed by atoms with Crippen molar-refractivity contribution in [2.75, 3.05) is 30.7 Å². The Balaban J connectivity index is 0.00000182. The molecule has 27 heavy (non-hydrogen) atoms. The Hall–Kier alpha value is -1.79. The monoisotopic (exact) mass is 411 g/mol. The number of para-hydroxylation sites is 1. The number of carbonyl (C=O) groups is 1. The van der Waals surface area contributed by atoms with Crippen molar-refractivity contribution in [1.82, 2.24) is 4.90 Å². The maximum atomic E-state index is 12.4. The third-order valence-corrected chi connectivity index (χ3v) is 4.76. The summed E-state index contributed by atoms with van der Waals surface area (Å²) in [4.78, 5) is 14.8. The molecule has 0 bridgehead atoms. The van der Waals surface area contributed by atoms with Crippen LogP contribution in [0.3, 0.4) is 0 Å². The number of aliphatic hydroxyl groups excluding tert-OH is 1. The van der Waals surface area contributed by atoms with Crippen molar-refractivity contribution in [3.05, 3.63) is 59.7 Å². The summed E-state index contributed by atoms with van der Waals surface area (Å²) in [5.74, 6) is 0.247. The van der Waals surface area contributed by atoms with Crippen LogP contribution in [-0.2, 0) is 6.54 Å². The van der Waals surface area contributed by atoms with Gasteiger partial charge in [-0.3, -0.25) is 9.69 Å². The number of rotatable bonds is 5. The smallest absolute Gasteiger partial charge is 0.257 e. The Kier molecular flexibility index (Phi) is 9.60. The van der Waals surface area contributed by atoms with E-state index in [2.05, 4.69) is 16.3 Å². The number of amides is 1. The molecule has 0 spiro atoms. The van der Waals surface area contributed by atoms with Gasteiger partial charge in [-0.1, -0.05) is 24.3 Å². The van der Waals surface area contributed by atoms with Gasteiger partial charge in [-0.25, -0.2) is 0 Å². The van der Waals surface area contributed by atoms with Gasteiger partial charge in [-0.05, 0) is 61.7 Å². The third-order valence-electron chi connectivity index (χ3n) is 4.76. The summed E-state index contributed by atoms with van der Waals surface area (Å²) in [6.45, 7) is 3.15. The number of anilines is 2. The van der Waals surface area contributed by atoms with Gasteiger partial charge in [0.25, 0.3) is 5.91 Å². The van der Waals surface area contributed by atoms with Crippen molar-refractivity contribution in [2.24, 2.45) is 5.92 Å². The highest BCUT2D eigenvalue weighted by Gasteiger charge is 2.18. The molecule has 0 aromatic heterocycles. The number of likely N-dealkylation sites (tertiary alicyclic amines) is 1. The summed E-state index contributed by atoms with van der Waals surface area (Å²) < 4.78 is 0. The van der Waals surface area contributed by atoms with Gasteiger partial charge >= 0.3 is 0 Å². The molecule has 148 valence electrons. The topological polar surface area (TPSA) is 78.6 Å². The van der Waals surface area contributed by atoms with Crippen LogP contribution < -0.4 is 11.1 Å². The van der Waals surface area contributed by atoms with Crippen molar-refractivity contribution < 1.29 is 9.90 Å². The van der Waals surface area contributed by atoms with E-state index < -0.39 is 0 Å². The quantitative estimate of drug-likeness (QED) is 0.657. The van der Waals surface area contributed by atoms with Gasteiger partial charge < -0.3 is 16.2 Å². The average molecular weight is 412 g/mol. The zero-order chi connectivity index (χ0) is 17.6. The van der Waals surface area contributed by atoms with Crippen LogP contribution in [0.15, 0.2) is 48.5 Å². The third kappa shape index (κ3) is 6.40. The fraction of sp³-hybridized carbons (Fsp3) is 0.350. The van der Waals surface area contributed by atoms with E-state index >= 15 is 0 Å². The van der Waals surface area contributed by atoms with E-state index in [-0.39, 0.29) is 37.3 Å². The van der Waals surface area contributed by atoms with Gasteiger partial charge in [0.2, 0.25) is 0 Å². The first-order chi connectivity index (χ1) is 12.2. The summed E-state index contributed by atoms with van der Waals surface area (Å²) in [5, 5.41) is 12.2. The molecule has 7 heteroatoms. The van der Waals surface area contributed by atoms with Crippen molar-refractivity contribution in [3.8, 4) is 0 Å². The molecule has 0 unspecified atom stereocenters. The summed E-state index contributed by atoms with van der Waals surface area (Å²) in [7, 11) is 0. The van der Waals surface area contributed by atoms with Gasteiger partial charge in [-0.2, -0.15) is 0 Å². The van der Waals surface area contributed by atoms with E-state index in [0.29, 0.717) is 17.2 Å². The number of nitrogens with two attached hydrogens (primary N) is 1. The van der Waals surface area contributed by atoms with Gasteiger partial charge in [0.05, 0.1) is 5.56 Å². The first-order valence-corrected chi connectivity index (χ1v) is 8.73. The first-order valence-electron chi connectivity index (χ1n) is 8.73. The molecule has 1 fully saturated rings. The van der Waals surface area contributed by atoms with Crippen molar-refractivity contribution in [1.29, 1.82) is 0 Å². The Morgan fingerprint density at radius 3 is 2.48 bits per heavy atom. The maximum absolute atomic E-state index is 12.4. The molecule has 1 amide bonds. The highest BCUT2D eigenvalue weighted by atomic mass is 35.5. The van der Waals surface area contributed by atoms with Crippen LogP contribution in [0.1, 0.15) is 28.8 Å². The van der Waals surface area contributed by atoms with Crippen LogP contribution in [-0.4, -0.2) is 35.6 Å². The molecule has 1 saturated heterocycles. The highest BCUT2D eigenvalue weighted by molar-refractivity contribution is 6.07. The lowest BCUT2D eigenvalue weighted by Gasteiger charge is -2.31. The number of piperidine rings is 1. The molecule has 1 aliphatic rings. The minimum Gasteiger partial charge on any atom is -0.398 e. The molecule has 2 aromatic rings. The van der Waals surface area contributed by atoms with E-state index in [4.69, 9.17) is 5.73 Å². The zero-order valence-electron chi connectivity index (χ0n) is 15.1. The second kappa shape index (κ2) is 11.1. The highest BCUT2D eigenvalue weighted by Crippen LogP contribution is 2.20. The van der Waals surface area contributed by atoms with Crippen LogP contribution in [0, 0.1) is 5.92 Å². The van der Waals surface area contributed by atoms with Crippen LogP contribution in [0.5, 0.6) is 0 Å².